The van der Waals surface area contributed by atoms with Crippen molar-refractivity contribution < 1.29 is 80.2 Å². The van der Waals surface area contributed by atoms with Gasteiger partial charge in [0.15, 0.2) is 12.2 Å². The number of unbranched alkanes of at least 4 members (excludes halogenated alkanes) is 39. The number of ether oxygens (including phenoxy) is 4. The van der Waals surface area contributed by atoms with E-state index in [4.69, 9.17) is 37.0 Å². The average molecular weight is 1510 g/mol. The molecule has 0 aliphatic rings. The minimum Gasteiger partial charge on any atom is -0.462 e. The zero-order valence-electron chi connectivity index (χ0n) is 66.2. The summed E-state index contributed by atoms with van der Waals surface area (Å²) >= 11 is 0. The van der Waals surface area contributed by atoms with Crippen molar-refractivity contribution in [2.75, 3.05) is 39.6 Å². The highest BCUT2D eigenvalue weighted by molar-refractivity contribution is 7.47. The molecule has 0 heterocycles. The summed E-state index contributed by atoms with van der Waals surface area (Å²) < 4.78 is 68.8. The third kappa shape index (κ3) is 76.4. The topological polar surface area (TPSA) is 237 Å². The van der Waals surface area contributed by atoms with Crippen LogP contribution in [0.15, 0.2) is 85.1 Å². The number of hydrogen-bond donors (Lipinski definition) is 3. The van der Waals surface area contributed by atoms with Crippen molar-refractivity contribution in [2.45, 2.75) is 393 Å². The highest BCUT2D eigenvalue weighted by Gasteiger charge is 2.30. The first-order valence-corrected chi connectivity index (χ1v) is 44.8. The van der Waals surface area contributed by atoms with Gasteiger partial charge < -0.3 is 33.8 Å². The van der Waals surface area contributed by atoms with E-state index in [1.165, 1.54) is 116 Å². The van der Waals surface area contributed by atoms with E-state index in [1.54, 1.807) is 0 Å². The number of phosphoric acid groups is 2. The van der Waals surface area contributed by atoms with E-state index < -0.39 is 97.5 Å². The van der Waals surface area contributed by atoms with Crippen LogP contribution >= 0.6 is 15.6 Å². The van der Waals surface area contributed by atoms with Crippen LogP contribution < -0.4 is 0 Å². The maximum absolute atomic E-state index is 13.1. The molecule has 0 aliphatic heterocycles. The van der Waals surface area contributed by atoms with Crippen LogP contribution in [-0.2, 0) is 65.4 Å². The predicted octanol–water partition coefficient (Wildman–Crippen LogP) is 24.6. The first-order chi connectivity index (χ1) is 50.7. The van der Waals surface area contributed by atoms with Gasteiger partial charge in [0.25, 0.3) is 0 Å². The van der Waals surface area contributed by atoms with Crippen molar-refractivity contribution in [1.82, 2.24) is 0 Å². The number of allylic oxidation sites excluding steroid dienone is 14. The van der Waals surface area contributed by atoms with Crippen LogP contribution in [0.1, 0.15) is 374 Å². The second-order valence-corrected chi connectivity index (χ2v) is 30.9. The minimum absolute atomic E-state index is 0.0968. The fourth-order valence-electron chi connectivity index (χ4n) is 11.6. The molecule has 0 fully saturated rings. The molecule has 5 atom stereocenters. The molecule has 0 amide bonds. The smallest absolute Gasteiger partial charge is 0.462 e. The lowest BCUT2D eigenvalue weighted by molar-refractivity contribution is -0.161. The van der Waals surface area contributed by atoms with Crippen molar-refractivity contribution in [1.29, 1.82) is 0 Å². The zero-order chi connectivity index (χ0) is 76.0. The second-order valence-electron chi connectivity index (χ2n) is 28.0. The average Bonchev–Trinajstić information content (AvgIpc) is 0.911. The second kappa shape index (κ2) is 77.4. The summed E-state index contributed by atoms with van der Waals surface area (Å²) in [7, 11) is -9.95. The van der Waals surface area contributed by atoms with Crippen LogP contribution in [0.5, 0.6) is 0 Å². The Morgan fingerprint density at radius 1 is 0.279 bits per heavy atom. The Balaban J connectivity index is 5.33. The van der Waals surface area contributed by atoms with E-state index in [9.17, 15) is 43.2 Å². The molecule has 0 spiro atoms. The van der Waals surface area contributed by atoms with Gasteiger partial charge in [-0.3, -0.25) is 37.3 Å². The third-order valence-corrected chi connectivity index (χ3v) is 19.8. The predicted molar refractivity (Wildman–Crippen MR) is 427 cm³/mol. The monoisotopic (exact) mass is 1510 g/mol. The Hall–Kier alpha value is -3.76. The molecule has 0 radical (unpaired) electrons. The largest absolute Gasteiger partial charge is 0.472 e. The fourth-order valence-corrected chi connectivity index (χ4v) is 13.2. The number of aliphatic hydroxyl groups is 1. The van der Waals surface area contributed by atoms with Crippen LogP contribution in [0.4, 0.5) is 0 Å². The number of carbonyl (C=O) groups is 4. The van der Waals surface area contributed by atoms with Crippen LogP contribution in [-0.4, -0.2) is 96.7 Å². The third-order valence-electron chi connectivity index (χ3n) is 17.9. The highest BCUT2D eigenvalue weighted by atomic mass is 31.2. The van der Waals surface area contributed by atoms with Crippen LogP contribution in [0.3, 0.4) is 0 Å². The molecule has 0 aromatic rings. The minimum atomic E-state index is -4.98. The van der Waals surface area contributed by atoms with E-state index in [1.807, 2.05) is 0 Å². The maximum atomic E-state index is 13.1. The lowest BCUT2D eigenvalue weighted by Gasteiger charge is -2.21. The maximum Gasteiger partial charge on any atom is 0.472 e. The highest BCUT2D eigenvalue weighted by Crippen LogP contribution is 2.45. The van der Waals surface area contributed by atoms with Crippen molar-refractivity contribution >= 4 is 39.5 Å². The Morgan fingerprint density at radius 3 is 0.769 bits per heavy atom. The molecule has 19 heteroatoms. The quantitative estimate of drug-likeness (QED) is 0.0169. The van der Waals surface area contributed by atoms with Crippen molar-refractivity contribution in [3.63, 3.8) is 0 Å². The number of aliphatic hydroxyl groups excluding tert-OH is 1. The van der Waals surface area contributed by atoms with E-state index in [0.29, 0.717) is 25.7 Å². The van der Waals surface area contributed by atoms with Crippen LogP contribution in [0.2, 0.25) is 0 Å². The van der Waals surface area contributed by atoms with E-state index in [0.717, 1.165) is 180 Å². The SMILES string of the molecule is CC/C=C\C/C=C\C/C=C\C/C=C\CCCCCCCCC(=O)OCC(COP(=O)(O)OCC(O)COP(=O)(O)OCC(COC(=O)CCCCCCCCC/C=C\C/C=C\C/C=C\CC)OC(=O)CCCCCCCCCCCCCCC)OC(=O)CCCCCCCCCCCCCCCCC. The Bertz CT molecular complexity index is 2300. The summed E-state index contributed by atoms with van der Waals surface area (Å²) in [6, 6.07) is 0. The number of esters is 4. The molecule has 0 aromatic carbocycles. The molecule has 0 saturated carbocycles. The summed E-state index contributed by atoms with van der Waals surface area (Å²) in [6.45, 7) is 4.71. The first kappa shape index (κ1) is 100. The van der Waals surface area contributed by atoms with Gasteiger partial charge in [0, 0.05) is 25.7 Å². The Kier molecular flexibility index (Phi) is 74.6. The number of carbonyl (C=O) groups excluding carboxylic acids is 4. The molecule has 104 heavy (non-hydrogen) atoms. The van der Waals surface area contributed by atoms with Crippen molar-refractivity contribution in [3.8, 4) is 0 Å². The van der Waals surface area contributed by atoms with Crippen LogP contribution in [0, 0.1) is 0 Å². The van der Waals surface area contributed by atoms with Gasteiger partial charge in [-0.15, -0.1) is 0 Å². The molecular weight excluding hydrogens is 1350 g/mol. The molecule has 5 unspecified atom stereocenters. The first-order valence-electron chi connectivity index (χ1n) is 41.8. The van der Waals surface area contributed by atoms with Crippen molar-refractivity contribution in [2.24, 2.45) is 0 Å². The summed E-state index contributed by atoms with van der Waals surface area (Å²) in [4.78, 5) is 73.1. The Labute approximate surface area is 634 Å². The molecule has 0 rings (SSSR count). The van der Waals surface area contributed by atoms with Gasteiger partial charge in [0.2, 0.25) is 0 Å². The molecule has 0 bridgehead atoms. The Morgan fingerprint density at radius 2 is 0.500 bits per heavy atom. The molecule has 0 saturated heterocycles. The summed E-state index contributed by atoms with van der Waals surface area (Å²) in [5.41, 5.74) is 0. The molecule has 0 aromatic heterocycles. The number of phosphoric ester groups is 2. The van der Waals surface area contributed by atoms with Gasteiger partial charge in [-0.25, -0.2) is 9.13 Å². The van der Waals surface area contributed by atoms with Gasteiger partial charge in [-0.05, 0) is 96.3 Å². The molecule has 604 valence electrons. The molecular formula is C85H152O17P2. The van der Waals surface area contributed by atoms with Gasteiger partial charge in [0.05, 0.1) is 26.4 Å². The molecule has 0 aliphatic carbocycles. The van der Waals surface area contributed by atoms with E-state index >= 15 is 0 Å². The zero-order valence-corrected chi connectivity index (χ0v) is 68.0. The lowest BCUT2D eigenvalue weighted by Crippen LogP contribution is -2.30. The molecule has 17 nitrogen and oxygen atoms in total. The van der Waals surface area contributed by atoms with Gasteiger partial charge >= 0.3 is 39.5 Å². The standard InChI is InChI=1S/C85H152O17P2/c1-5-9-13-17-21-25-29-33-36-38-39-41-44-47-50-54-58-62-66-70-83(88)96-76-81(102-85(90)72-68-64-60-56-52-48-42-35-31-27-23-19-15-11-7-3)78-100-104(93,94)98-74-79(86)73-97-103(91,92)99-77-80(101-84(89)71-67-63-59-55-51-45-32-28-24-20-16-12-8-4)75-95-82(87)69-65-61-57-53-49-46-43-40-37-34-30-26-22-18-14-10-6-2/h9-10,13-14,21-22,25-26,33-34,36-37,39,41,79-81,86H,5-8,11-12,15-20,23-24,27-32,35,38,40,42-78H2,1-4H3,(H,91,92)(H,93,94)/b13-9-,14-10-,25-21-,26-22-,36-33-,37-34-,41-39-. The van der Waals surface area contributed by atoms with Gasteiger partial charge in [0.1, 0.15) is 19.3 Å². The number of rotatable bonds is 79. The van der Waals surface area contributed by atoms with E-state index in [-0.39, 0.29) is 25.7 Å². The summed E-state index contributed by atoms with van der Waals surface area (Å²) in [5, 5.41) is 10.7. The van der Waals surface area contributed by atoms with Gasteiger partial charge in [-0.2, -0.15) is 0 Å². The van der Waals surface area contributed by atoms with Crippen LogP contribution in [0.25, 0.3) is 0 Å². The normalized spacial score (nSPS) is 14.3. The fraction of sp³-hybridized carbons (Fsp3) is 0.788. The number of hydrogen-bond acceptors (Lipinski definition) is 15. The van der Waals surface area contributed by atoms with Crippen molar-refractivity contribution in [3.05, 3.63) is 85.1 Å². The lowest BCUT2D eigenvalue weighted by atomic mass is 10.0. The summed E-state index contributed by atoms with van der Waals surface area (Å²) in [5.74, 6) is -2.17. The summed E-state index contributed by atoms with van der Waals surface area (Å²) in [6.07, 6.45) is 81.1. The van der Waals surface area contributed by atoms with E-state index in [2.05, 4.69) is 113 Å². The molecule has 3 N–H and O–H groups in total. The van der Waals surface area contributed by atoms with Gasteiger partial charge in [-0.1, -0.05) is 337 Å².